The molecule has 2 N–H and O–H groups in total. The molecule has 0 fully saturated rings. The second-order valence-electron chi connectivity index (χ2n) is 5.85. The maximum atomic E-state index is 12.2. The first kappa shape index (κ1) is 18.0. The number of benzene rings is 2. The second kappa shape index (κ2) is 7.97. The van der Waals surface area contributed by atoms with Crippen LogP contribution < -0.4 is 10.0 Å². The van der Waals surface area contributed by atoms with Gasteiger partial charge >= 0.3 is 0 Å². The number of carbonyl (C=O) groups is 1. The monoisotopic (exact) mass is 346 g/mol. The Morgan fingerprint density at radius 2 is 1.67 bits per heavy atom. The second-order valence-corrected chi connectivity index (χ2v) is 7.60. The Hall–Kier alpha value is -2.34. The Labute approximate surface area is 143 Å². The molecule has 0 saturated carbocycles. The van der Waals surface area contributed by atoms with E-state index in [1.807, 2.05) is 25.1 Å². The van der Waals surface area contributed by atoms with Gasteiger partial charge in [-0.05, 0) is 49.6 Å². The fourth-order valence-electron chi connectivity index (χ4n) is 2.31. The molecule has 0 aromatic heterocycles. The van der Waals surface area contributed by atoms with E-state index in [-0.39, 0.29) is 11.9 Å². The van der Waals surface area contributed by atoms with E-state index in [1.54, 1.807) is 24.3 Å². The van der Waals surface area contributed by atoms with Gasteiger partial charge in [0.25, 0.3) is 5.91 Å². The van der Waals surface area contributed by atoms with Gasteiger partial charge in [0, 0.05) is 17.3 Å². The largest absolute Gasteiger partial charge is 0.350 e. The summed E-state index contributed by atoms with van der Waals surface area (Å²) in [6.45, 7) is 1.97. The molecule has 0 aliphatic carbocycles. The topological polar surface area (TPSA) is 75.3 Å². The molecule has 0 unspecified atom stereocenters. The molecular weight excluding hydrogens is 324 g/mol. The Morgan fingerprint density at radius 1 is 1.04 bits per heavy atom. The Morgan fingerprint density at radius 3 is 2.25 bits per heavy atom. The molecule has 24 heavy (non-hydrogen) atoms. The average Bonchev–Trinajstić information content (AvgIpc) is 2.53. The smallest absolute Gasteiger partial charge is 0.251 e. The molecule has 0 spiro atoms. The molecule has 2 aromatic rings. The van der Waals surface area contributed by atoms with Crippen LogP contribution in [-0.4, -0.2) is 26.6 Å². The lowest BCUT2D eigenvalue weighted by Crippen LogP contribution is -2.32. The molecule has 2 rings (SSSR count). The number of nitrogens with one attached hydrogen (secondary N) is 2. The lowest BCUT2D eigenvalue weighted by Gasteiger charge is -2.14. The van der Waals surface area contributed by atoms with Crippen LogP contribution in [0, 0.1) is 0 Å². The lowest BCUT2D eigenvalue weighted by molar-refractivity contribution is 0.0938. The molecular formula is C18H22N2O3S. The van der Waals surface area contributed by atoms with Crippen LogP contribution in [0.4, 0.5) is 5.69 Å². The van der Waals surface area contributed by atoms with Crippen molar-refractivity contribution in [3.8, 4) is 0 Å². The average molecular weight is 346 g/mol. The third kappa shape index (κ3) is 6.04. The number of hydrogen-bond acceptors (Lipinski definition) is 3. The SMILES string of the molecule is C[C@@H](CCc1ccccc1)NC(=O)c1ccc(NS(C)(=O)=O)cc1. The van der Waals surface area contributed by atoms with E-state index in [9.17, 15) is 13.2 Å². The highest BCUT2D eigenvalue weighted by Crippen LogP contribution is 2.11. The normalized spacial score (nSPS) is 12.4. The third-order valence-corrected chi connectivity index (χ3v) is 4.14. The summed E-state index contributed by atoms with van der Waals surface area (Å²) in [5.74, 6) is -0.165. The van der Waals surface area contributed by atoms with Crippen LogP contribution in [0.1, 0.15) is 29.3 Å². The van der Waals surface area contributed by atoms with Crippen molar-refractivity contribution < 1.29 is 13.2 Å². The van der Waals surface area contributed by atoms with Gasteiger partial charge in [0.1, 0.15) is 0 Å². The molecule has 2 aromatic carbocycles. The van der Waals surface area contributed by atoms with Crippen LogP contribution in [0.3, 0.4) is 0 Å². The first-order chi connectivity index (χ1) is 11.3. The highest BCUT2D eigenvalue weighted by molar-refractivity contribution is 7.92. The van der Waals surface area contributed by atoms with Gasteiger partial charge in [0.2, 0.25) is 10.0 Å². The summed E-state index contributed by atoms with van der Waals surface area (Å²) in [5, 5.41) is 2.96. The first-order valence-electron chi connectivity index (χ1n) is 7.76. The standard InChI is InChI=1S/C18H22N2O3S/c1-14(8-9-15-6-4-3-5-7-15)19-18(21)16-10-12-17(13-11-16)20-24(2,22)23/h3-7,10-14,20H,8-9H2,1-2H3,(H,19,21)/t14-/m0/s1. The van der Waals surface area contributed by atoms with Crippen LogP contribution in [0.15, 0.2) is 54.6 Å². The molecule has 1 amide bonds. The molecule has 128 valence electrons. The molecule has 0 radical (unpaired) electrons. The fourth-order valence-corrected chi connectivity index (χ4v) is 2.88. The van der Waals surface area contributed by atoms with Crippen LogP contribution in [-0.2, 0) is 16.4 Å². The van der Waals surface area contributed by atoms with Crippen molar-refractivity contribution in [2.45, 2.75) is 25.8 Å². The van der Waals surface area contributed by atoms with Gasteiger partial charge in [0.05, 0.1) is 6.26 Å². The number of rotatable bonds is 7. The van der Waals surface area contributed by atoms with Gasteiger partial charge in [0.15, 0.2) is 0 Å². The maximum absolute atomic E-state index is 12.2. The minimum absolute atomic E-state index is 0.0477. The predicted molar refractivity (Wildman–Crippen MR) is 96.6 cm³/mol. The highest BCUT2D eigenvalue weighted by Gasteiger charge is 2.10. The Balaban J connectivity index is 1.87. The van der Waals surface area contributed by atoms with Crippen molar-refractivity contribution in [1.82, 2.24) is 5.32 Å². The zero-order valence-electron chi connectivity index (χ0n) is 13.8. The fraction of sp³-hybridized carbons (Fsp3) is 0.278. The first-order valence-corrected chi connectivity index (χ1v) is 9.65. The molecule has 0 aliphatic heterocycles. The summed E-state index contributed by atoms with van der Waals surface area (Å²) in [7, 11) is -3.31. The van der Waals surface area contributed by atoms with Gasteiger partial charge in [-0.2, -0.15) is 0 Å². The summed E-state index contributed by atoms with van der Waals surface area (Å²) in [6.07, 6.45) is 2.84. The van der Waals surface area contributed by atoms with Crippen LogP contribution in [0.2, 0.25) is 0 Å². The third-order valence-electron chi connectivity index (χ3n) is 3.54. The molecule has 0 aliphatic rings. The van der Waals surface area contributed by atoms with E-state index in [2.05, 4.69) is 22.2 Å². The summed E-state index contributed by atoms with van der Waals surface area (Å²) >= 11 is 0. The van der Waals surface area contributed by atoms with Crippen LogP contribution >= 0.6 is 0 Å². The minimum atomic E-state index is -3.31. The summed E-state index contributed by atoms with van der Waals surface area (Å²) in [4.78, 5) is 12.2. The quantitative estimate of drug-likeness (QED) is 0.809. The van der Waals surface area contributed by atoms with Crippen molar-refractivity contribution in [2.75, 3.05) is 11.0 Å². The summed E-state index contributed by atoms with van der Waals surface area (Å²) in [5.41, 5.74) is 2.18. The Bertz CT molecular complexity index is 772. The summed E-state index contributed by atoms with van der Waals surface area (Å²) in [6, 6.07) is 16.5. The van der Waals surface area contributed by atoms with Crippen LogP contribution in [0.5, 0.6) is 0 Å². The van der Waals surface area contributed by atoms with Gasteiger partial charge in [-0.15, -0.1) is 0 Å². The van der Waals surface area contributed by atoms with E-state index in [4.69, 9.17) is 0 Å². The van der Waals surface area contributed by atoms with E-state index in [1.165, 1.54) is 5.56 Å². The lowest BCUT2D eigenvalue weighted by atomic mass is 10.1. The van der Waals surface area contributed by atoms with Gasteiger partial charge in [-0.1, -0.05) is 30.3 Å². The number of aryl methyl sites for hydroxylation is 1. The molecule has 0 bridgehead atoms. The zero-order valence-corrected chi connectivity index (χ0v) is 14.6. The zero-order chi connectivity index (χ0) is 17.6. The maximum Gasteiger partial charge on any atom is 0.251 e. The number of sulfonamides is 1. The van der Waals surface area contributed by atoms with E-state index in [0.29, 0.717) is 11.3 Å². The molecule has 0 saturated heterocycles. The van der Waals surface area contributed by atoms with Crippen molar-refractivity contribution in [1.29, 1.82) is 0 Å². The predicted octanol–water partition coefficient (Wildman–Crippen LogP) is 2.81. The number of carbonyl (C=O) groups excluding carboxylic acids is 1. The van der Waals surface area contributed by atoms with Gasteiger partial charge in [-0.3, -0.25) is 9.52 Å². The van der Waals surface area contributed by atoms with Gasteiger partial charge < -0.3 is 5.32 Å². The minimum Gasteiger partial charge on any atom is -0.350 e. The van der Waals surface area contributed by atoms with Crippen molar-refractivity contribution in [3.05, 3.63) is 65.7 Å². The molecule has 0 heterocycles. The van der Waals surface area contributed by atoms with Crippen molar-refractivity contribution in [3.63, 3.8) is 0 Å². The van der Waals surface area contributed by atoms with Crippen LogP contribution in [0.25, 0.3) is 0 Å². The van der Waals surface area contributed by atoms with E-state index in [0.717, 1.165) is 19.1 Å². The van der Waals surface area contributed by atoms with E-state index < -0.39 is 10.0 Å². The number of anilines is 1. The van der Waals surface area contributed by atoms with E-state index >= 15 is 0 Å². The number of hydrogen-bond donors (Lipinski definition) is 2. The molecule has 1 atom stereocenters. The van der Waals surface area contributed by atoms with Gasteiger partial charge in [-0.25, -0.2) is 8.42 Å². The Kier molecular flexibility index (Phi) is 5.98. The molecule has 5 nitrogen and oxygen atoms in total. The molecule has 6 heteroatoms. The number of amides is 1. The summed E-state index contributed by atoms with van der Waals surface area (Å²) < 4.78 is 24.7. The highest BCUT2D eigenvalue weighted by atomic mass is 32.2. The van der Waals surface area contributed by atoms with Crippen molar-refractivity contribution in [2.24, 2.45) is 0 Å². The van der Waals surface area contributed by atoms with Crippen molar-refractivity contribution >= 4 is 21.6 Å².